The van der Waals surface area contributed by atoms with Gasteiger partial charge in [0.15, 0.2) is 11.5 Å². The van der Waals surface area contributed by atoms with E-state index in [1.54, 1.807) is 12.1 Å². The van der Waals surface area contributed by atoms with Gasteiger partial charge in [0, 0.05) is 6.07 Å². The normalized spacial score (nSPS) is 9.86. The largest absolute Gasteiger partial charge is 0.490 e. The summed E-state index contributed by atoms with van der Waals surface area (Å²) >= 11 is 3.41. The molecule has 0 fully saturated rings. The first-order valence-electron chi connectivity index (χ1n) is 6.91. The van der Waals surface area contributed by atoms with Crippen molar-refractivity contribution in [2.75, 3.05) is 19.8 Å². The Kier molecular flexibility index (Phi) is 6.11. The highest BCUT2D eigenvalue weighted by molar-refractivity contribution is 9.10. The molecule has 0 spiro atoms. The molecule has 0 heterocycles. The molecule has 5 heteroatoms. The molecule has 2 rings (SSSR count). The van der Waals surface area contributed by atoms with Gasteiger partial charge in [-0.05, 0) is 41.1 Å². The fraction of sp³-hybridized carbons (Fsp3) is 0.235. The minimum Gasteiger partial charge on any atom is -0.490 e. The average molecular weight is 362 g/mol. The first-order chi connectivity index (χ1) is 10.7. The number of ether oxygens (including phenoxy) is 3. The van der Waals surface area contributed by atoms with Crippen LogP contribution in [0.3, 0.4) is 0 Å². The molecule has 0 saturated heterocycles. The molecule has 0 aliphatic carbocycles. The molecule has 0 aromatic heterocycles. The van der Waals surface area contributed by atoms with Crippen LogP contribution < -0.4 is 14.2 Å². The van der Waals surface area contributed by atoms with Crippen LogP contribution in [0, 0.1) is 11.3 Å². The SMILES string of the molecule is CCOc1cc(C#N)cc(Br)c1OCCOc1ccccc1. The number of halogens is 1. The Balaban J connectivity index is 1.98. The van der Waals surface area contributed by atoms with E-state index in [1.807, 2.05) is 37.3 Å². The molecule has 0 atom stereocenters. The lowest BCUT2D eigenvalue weighted by Gasteiger charge is -2.14. The molecule has 0 radical (unpaired) electrons. The molecule has 0 unspecified atom stereocenters. The van der Waals surface area contributed by atoms with E-state index in [4.69, 9.17) is 19.5 Å². The molecule has 0 N–H and O–H groups in total. The Morgan fingerprint density at radius 3 is 2.45 bits per heavy atom. The quantitative estimate of drug-likeness (QED) is 0.694. The van der Waals surface area contributed by atoms with E-state index in [9.17, 15) is 0 Å². The number of nitriles is 1. The van der Waals surface area contributed by atoms with Crippen LogP contribution in [0.5, 0.6) is 17.2 Å². The molecule has 22 heavy (non-hydrogen) atoms. The van der Waals surface area contributed by atoms with Crippen molar-refractivity contribution in [3.8, 4) is 23.3 Å². The third-order valence-corrected chi connectivity index (χ3v) is 3.37. The van der Waals surface area contributed by atoms with Crippen molar-refractivity contribution >= 4 is 15.9 Å². The maximum absolute atomic E-state index is 9.00. The highest BCUT2D eigenvalue weighted by Gasteiger charge is 2.12. The van der Waals surface area contributed by atoms with Crippen LogP contribution in [-0.2, 0) is 0 Å². The molecule has 0 aliphatic heterocycles. The van der Waals surface area contributed by atoms with E-state index in [1.165, 1.54) is 0 Å². The first kappa shape index (κ1) is 16.2. The second-order valence-corrected chi connectivity index (χ2v) is 5.19. The number of benzene rings is 2. The highest BCUT2D eigenvalue weighted by Crippen LogP contribution is 2.36. The fourth-order valence-corrected chi connectivity index (χ4v) is 2.41. The summed E-state index contributed by atoms with van der Waals surface area (Å²) in [5.41, 5.74) is 0.517. The van der Waals surface area contributed by atoms with Gasteiger partial charge in [-0.1, -0.05) is 18.2 Å². The molecule has 114 valence electrons. The van der Waals surface area contributed by atoms with Gasteiger partial charge in [0.2, 0.25) is 0 Å². The predicted molar refractivity (Wildman–Crippen MR) is 87.5 cm³/mol. The smallest absolute Gasteiger partial charge is 0.175 e. The molecule has 4 nitrogen and oxygen atoms in total. The summed E-state index contributed by atoms with van der Waals surface area (Å²) in [5, 5.41) is 9.00. The minimum absolute atomic E-state index is 0.374. The lowest BCUT2D eigenvalue weighted by Crippen LogP contribution is -2.10. The number of nitrogens with zero attached hydrogens (tertiary/aromatic N) is 1. The van der Waals surface area contributed by atoms with Crippen LogP contribution in [0.2, 0.25) is 0 Å². The van der Waals surface area contributed by atoms with Gasteiger partial charge < -0.3 is 14.2 Å². The van der Waals surface area contributed by atoms with Gasteiger partial charge in [0.05, 0.1) is 22.7 Å². The van der Waals surface area contributed by atoms with Crippen LogP contribution in [0.25, 0.3) is 0 Å². The molecule has 0 amide bonds. The zero-order valence-electron chi connectivity index (χ0n) is 12.2. The third kappa shape index (κ3) is 4.40. The summed E-state index contributed by atoms with van der Waals surface area (Å²) in [6.07, 6.45) is 0. The number of hydrogen-bond acceptors (Lipinski definition) is 4. The molecular weight excluding hydrogens is 346 g/mol. The second-order valence-electron chi connectivity index (χ2n) is 4.34. The summed E-state index contributed by atoms with van der Waals surface area (Å²) in [7, 11) is 0. The van der Waals surface area contributed by atoms with Crippen molar-refractivity contribution in [1.29, 1.82) is 5.26 Å². The van der Waals surface area contributed by atoms with E-state index in [0.717, 1.165) is 5.75 Å². The lowest BCUT2D eigenvalue weighted by molar-refractivity contribution is 0.207. The summed E-state index contributed by atoms with van der Waals surface area (Å²) in [6.45, 7) is 3.18. The predicted octanol–water partition coefficient (Wildman–Crippen LogP) is 4.18. The zero-order valence-corrected chi connectivity index (χ0v) is 13.8. The van der Waals surface area contributed by atoms with Crippen LogP contribution in [0.1, 0.15) is 12.5 Å². The van der Waals surface area contributed by atoms with Gasteiger partial charge in [0.1, 0.15) is 19.0 Å². The van der Waals surface area contributed by atoms with E-state index in [2.05, 4.69) is 22.0 Å². The van der Waals surface area contributed by atoms with E-state index >= 15 is 0 Å². The standard InChI is InChI=1S/C17H16BrNO3/c1-2-20-16-11-13(12-19)10-15(18)17(16)22-9-8-21-14-6-4-3-5-7-14/h3-7,10-11H,2,8-9H2,1H3. The Hall–Kier alpha value is -2.19. The van der Waals surface area contributed by atoms with Crippen LogP contribution in [0.15, 0.2) is 46.9 Å². The second kappa shape index (κ2) is 8.30. The summed E-state index contributed by atoms with van der Waals surface area (Å²) < 4.78 is 17.5. The van der Waals surface area contributed by atoms with Gasteiger partial charge in [-0.2, -0.15) is 5.26 Å². The Morgan fingerprint density at radius 1 is 1.05 bits per heavy atom. The number of para-hydroxylation sites is 1. The van der Waals surface area contributed by atoms with Crippen molar-refractivity contribution in [2.24, 2.45) is 0 Å². The summed E-state index contributed by atoms with van der Waals surface area (Å²) in [5.74, 6) is 1.93. The molecule has 0 bridgehead atoms. The topological polar surface area (TPSA) is 51.5 Å². The molecule has 0 aliphatic rings. The third-order valence-electron chi connectivity index (χ3n) is 2.78. The zero-order chi connectivity index (χ0) is 15.8. The number of hydrogen-bond donors (Lipinski definition) is 0. The summed E-state index contributed by atoms with van der Waals surface area (Å²) in [6, 6.07) is 15.0. The van der Waals surface area contributed by atoms with Gasteiger partial charge in [0.25, 0.3) is 0 Å². The van der Waals surface area contributed by atoms with E-state index in [0.29, 0.717) is 41.4 Å². The maximum Gasteiger partial charge on any atom is 0.175 e. The van der Waals surface area contributed by atoms with E-state index < -0.39 is 0 Å². The Labute approximate surface area is 138 Å². The Bertz CT molecular complexity index is 653. The monoisotopic (exact) mass is 361 g/mol. The fourth-order valence-electron chi connectivity index (χ4n) is 1.86. The molecule has 2 aromatic rings. The first-order valence-corrected chi connectivity index (χ1v) is 7.71. The highest BCUT2D eigenvalue weighted by atomic mass is 79.9. The van der Waals surface area contributed by atoms with Gasteiger partial charge in [-0.25, -0.2) is 0 Å². The van der Waals surface area contributed by atoms with Crippen LogP contribution in [0.4, 0.5) is 0 Å². The van der Waals surface area contributed by atoms with Crippen molar-refractivity contribution in [1.82, 2.24) is 0 Å². The number of rotatable bonds is 7. The van der Waals surface area contributed by atoms with Crippen LogP contribution >= 0.6 is 15.9 Å². The molecule has 2 aromatic carbocycles. The molecule has 0 saturated carbocycles. The van der Waals surface area contributed by atoms with Gasteiger partial charge in [-0.3, -0.25) is 0 Å². The van der Waals surface area contributed by atoms with Crippen molar-refractivity contribution in [3.05, 3.63) is 52.5 Å². The summed E-state index contributed by atoms with van der Waals surface area (Å²) in [4.78, 5) is 0. The molecular formula is C17H16BrNO3. The minimum atomic E-state index is 0.374. The van der Waals surface area contributed by atoms with E-state index in [-0.39, 0.29) is 0 Å². The van der Waals surface area contributed by atoms with Crippen molar-refractivity contribution < 1.29 is 14.2 Å². The Morgan fingerprint density at radius 2 is 1.77 bits per heavy atom. The van der Waals surface area contributed by atoms with Crippen molar-refractivity contribution in [2.45, 2.75) is 6.92 Å². The average Bonchev–Trinajstić information content (AvgIpc) is 2.54. The van der Waals surface area contributed by atoms with Gasteiger partial charge in [-0.15, -0.1) is 0 Å². The maximum atomic E-state index is 9.00. The van der Waals surface area contributed by atoms with Gasteiger partial charge >= 0.3 is 0 Å². The van der Waals surface area contributed by atoms with Crippen molar-refractivity contribution in [3.63, 3.8) is 0 Å². The van der Waals surface area contributed by atoms with Crippen LogP contribution in [-0.4, -0.2) is 19.8 Å². The lowest BCUT2D eigenvalue weighted by atomic mass is 10.2.